The monoisotopic (exact) mass is 469 g/mol. The Labute approximate surface area is 181 Å². The minimum atomic E-state index is -4.56. The summed E-state index contributed by atoms with van der Waals surface area (Å²) in [5.41, 5.74) is 4.18. The van der Waals surface area contributed by atoms with E-state index in [0.29, 0.717) is 17.5 Å². The SMILES string of the molecule is CN1C(N)=N[C@@]2(CCOc3ccc(NC(=O)c4ccc(C(F)(F)F)cn4)cc32)CS1(=O)=O. The number of guanidine groups is 1. The molecule has 1 aromatic heterocycles. The van der Waals surface area contributed by atoms with Gasteiger partial charge < -0.3 is 15.8 Å². The van der Waals surface area contributed by atoms with Crippen molar-refractivity contribution in [3.05, 3.63) is 53.3 Å². The lowest BCUT2D eigenvalue weighted by molar-refractivity contribution is -0.137. The predicted molar refractivity (Wildman–Crippen MR) is 109 cm³/mol. The van der Waals surface area contributed by atoms with Crippen molar-refractivity contribution in [3.8, 4) is 5.75 Å². The van der Waals surface area contributed by atoms with E-state index in [1.807, 2.05) is 0 Å². The number of ether oxygens (including phenoxy) is 1. The van der Waals surface area contributed by atoms with Gasteiger partial charge in [-0.05, 0) is 30.3 Å². The quantitative estimate of drug-likeness (QED) is 0.692. The highest BCUT2D eigenvalue weighted by Crippen LogP contribution is 2.44. The molecule has 3 N–H and O–H groups in total. The van der Waals surface area contributed by atoms with Crippen molar-refractivity contribution < 1.29 is 31.1 Å². The number of fused-ring (bicyclic) bond motifs is 2. The van der Waals surface area contributed by atoms with Crippen LogP contribution in [0.15, 0.2) is 41.5 Å². The first-order valence-electron chi connectivity index (χ1n) is 9.35. The van der Waals surface area contributed by atoms with Crippen LogP contribution in [0.25, 0.3) is 0 Å². The van der Waals surface area contributed by atoms with Crippen molar-refractivity contribution in [1.82, 2.24) is 9.29 Å². The highest BCUT2D eigenvalue weighted by atomic mass is 32.2. The van der Waals surface area contributed by atoms with Gasteiger partial charge in [0.2, 0.25) is 16.0 Å². The largest absolute Gasteiger partial charge is 0.493 e. The second-order valence-corrected chi connectivity index (χ2v) is 9.42. The molecule has 0 fully saturated rings. The third kappa shape index (κ3) is 3.83. The normalized spacial score (nSPS) is 22.0. The third-order valence-electron chi connectivity index (χ3n) is 5.33. The number of rotatable bonds is 2. The summed E-state index contributed by atoms with van der Waals surface area (Å²) in [5.74, 6) is -0.819. The number of aliphatic imine (C=N–C) groups is 1. The lowest BCUT2D eigenvalue weighted by Gasteiger charge is -2.40. The van der Waals surface area contributed by atoms with Crippen LogP contribution < -0.4 is 15.8 Å². The Bertz CT molecular complexity index is 1210. The van der Waals surface area contributed by atoms with E-state index >= 15 is 0 Å². The zero-order valence-electron chi connectivity index (χ0n) is 16.7. The molecule has 2 aromatic rings. The lowest BCUT2D eigenvalue weighted by Crippen LogP contribution is -2.52. The molecule has 1 spiro atoms. The molecule has 1 aromatic carbocycles. The standard InChI is InChI=1S/C19H18F3N5O4S/c1-27-17(23)26-18(10-32(27,29)30)6-7-31-15-5-3-12(8-13(15)18)25-16(28)14-4-2-11(9-24-14)19(20,21)22/h2-5,8-9H,6-7,10H2,1H3,(H2,23,26)(H,25,28)/t18-/m0/s1. The van der Waals surface area contributed by atoms with Crippen LogP contribution in [0.4, 0.5) is 18.9 Å². The van der Waals surface area contributed by atoms with E-state index in [1.54, 1.807) is 6.07 Å². The molecule has 9 nitrogen and oxygen atoms in total. The number of hydrogen-bond donors (Lipinski definition) is 2. The summed E-state index contributed by atoms with van der Waals surface area (Å²) in [4.78, 5) is 20.5. The molecule has 170 valence electrons. The number of nitrogens with zero attached hydrogens (tertiary/aromatic N) is 3. The lowest BCUT2D eigenvalue weighted by atomic mass is 9.86. The smallest absolute Gasteiger partial charge is 0.417 e. The molecular formula is C19H18F3N5O4S. The van der Waals surface area contributed by atoms with Gasteiger partial charge >= 0.3 is 6.18 Å². The van der Waals surface area contributed by atoms with Crippen LogP contribution >= 0.6 is 0 Å². The number of anilines is 1. The molecule has 4 rings (SSSR count). The van der Waals surface area contributed by atoms with Gasteiger partial charge in [-0.3, -0.25) is 9.78 Å². The molecule has 0 aliphatic carbocycles. The Morgan fingerprint density at radius 3 is 2.66 bits per heavy atom. The van der Waals surface area contributed by atoms with E-state index in [-0.39, 0.29) is 36.1 Å². The molecule has 0 unspecified atom stereocenters. The molecule has 13 heteroatoms. The number of halogens is 3. The van der Waals surface area contributed by atoms with Gasteiger partial charge in [0.05, 0.1) is 17.9 Å². The summed E-state index contributed by atoms with van der Waals surface area (Å²) < 4.78 is 69.8. The summed E-state index contributed by atoms with van der Waals surface area (Å²) in [6, 6.07) is 6.33. The summed E-state index contributed by atoms with van der Waals surface area (Å²) in [6.07, 6.45) is -3.73. The Balaban J connectivity index is 1.65. The van der Waals surface area contributed by atoms with Gasteiger partial charge in [-0.15, -0.1) is 0 Å². The fourth-order valence-electron chi connectivity index (χ4n) is 3.58. The maximum Gasteiger partial charge on any atom is 0.417 e. The molecule has 0 saturated heterocycles. The van der Waals surface area contributed by atoms with E-state index < -0.39 is 33.2 Å². The first kappa shape index (κ1) is 21.9. The fourth-order valence-corrected chi connectivity index (χ4v) is 5.07. The number of nitrogens with two attached hydrogens (primary N) is 1. The van der Waals surface area contributed by atoms with Crippen LogP contribution in [0.2, 0.25) is 0 Å². The van der Waals surface area contributed by atoms with Crippen molar-refractivity contribution in [2.75, 3.05) is 24.7 Å². The van der Waals surface area contributed by atoms with Crippen LogP contribution in [0.3, 0.4) is 0 Å². The molecule has 32 heavy (non-hydrogen) atoms. The van der Waals surface area contributed by atoms with Crippen LogP contribution in [-0.2, 0) is 21.7 Å². The summed E-state index contributed by atoms with van der Waals surface area (Å²) >= 11 is 0. The Kier molecular flexibility index (Phi) is 5.03. The molecular weight excluding hydrogens is 451 g/mol. The number of alkyl halides is 3. The van der Waals surface area contributed by atoms with Gasteiger partial charge in [0.25, 0.3) is 5.91 Å². The van der Waals surface area contributed by atoms with E-state index in [4.69, 9.17) is 10.5 Å². The van der Waals surface area contributed by atoms with Gasteiger partial charge in [-0.1, -0.05) is 0 Å². The predicted octanol–water partition coefficient (Wildman–Crippen LogP) is 1.92. The van der Waals surface area contributed by atoms with Crippen molar-refractivity contribution in [1.29, 1.82) is 0 Å². The van der Waals surface area contributed by atoms with Gasteiger partial charge in [-0.25, -0.2) is 17.7 Å². The number of carbonyl (C=O) groups excluding carboxylic acids is 1. The number of carbonyl (C=O) groups is 1. The zero-order valence-corrected chi connectivity index (χ0v) is 17.5. The molecule has 1 atom stereocenters. The number of pyridine rings is 1. The van der Waals surface area contributed by atoms with Crippen LogP contribution in [0, 0.1) is 0 Å². The second-order valence-electron chi connectivity index (χ2n) is 7.42. The van der Waals surface area contributed by atoms with Crippen LogP contribution in [0.5, 0.6) is 5.75 Å². The Hall–Kier alpha value is -3.35. The molecule has 3 heterocycles. The molecule has 0 saturated carbocycles. The van der Waals surface area contributed by atoms with Crippen molar-refractivity contribution in [2.45, 2.75) is 18.1 Å². The number of sulfonamides is 1. The van der Waals surface area contributed by atoms with Crippen LogP contribution in [-0.4, -0.2) is 49.0 Å². The molecule has 2 aliphatic rings. The van der Waals surface area contributed by atoms with E-state index in [9.17, 15) is 26.4 Å². The van der Waals surface area contributed by atoms with Gasteiger partial charge in [0.15, 0.2) is 0 Å². The van der Waals surface area contributed by atoms with Crippen LogP contribution in [0.1, 0.15) is 28.0 Å². The molecule has 0 radical (unpaired) electrons. The maximum atomic E-state index is 12.7. The first-order chi connectivity index (χ1) is 14.9. The minimum absolute atomic E-state index is 0.160. The average molecular weight is 469 g/mol. The average Bonchev–Trinajstić information content (AvgIpc) is 2.72. The van der Waals surface area contributed by atoms with E-state index in [1.165, 1.54) is 19.2 Å². The molecule has 2 aliphatic heterocycles. The zero-order chi connectivity index (χ0) is 23.3. The van der Waals surface area contributed by atoms with Gasteiger partial charge in [0.1, 0.15) is 17.0 Å². The molecule has 1 amide bonds. The summed E-state index contributed by atoms with van der Waals surface area (Å²) in [6.45, 7) is 0.226. The number of aromatic nitrogens is 1. The number of hydrogen-bond acceptors (Lipinski definition) is 7. The number of benzene rings is 1. The van der Waals surface area contributed by atoms with Crippen molar-refractivity contribution in [3.63, 3.8) is 0 Å². The van der Waals surface area contributed by atoms with Crippen molar-refractivity contribution >= 4 is 27.6 Å². The van der Waals surface area contributed by atoms with Crippen molar-refractivity contribution in [2.24, 2.45) is 10.7 Å². The summed E-state index contributed by atoms with van der Waals surface area (Å²) in [7, 11) is -2.41. The number of amides is 1. The number of nitrogens with one attached hydrogen (secondary N) is 1. The highest BCUT2D eigenvalue weighted by Gasteiger charge is 2.47. The van der Waals surface area contributed by atoms with Gasteiger partial charge in [0, 0.05) is 30.9 Å². The first-order valence-corrected chi connectivity index (χ1v) is 11.0. The summed E-state index contributed by atoms with van der Waals surface area (Å²) in [5, 5.41) is 2.55. The highest BCUT2D eigenvalue weighted by molar-refractivity contribution is 7.89. The maximum absolute atomic E-state index is 12.7. The third-order valence-corrected chi connectivity index (χ3v) is 7.19. The molecule has 0 bridgehead atoms. The second kappa shape index (κ2) is 7.36. The van der Waals surface area contributed by atoms with E-state index in [2.05, 4.69) is 15.3 Å². The fraction of sp³-hybridized carbons (Fsp3) is 0.316. The van der Waals surface area contributed by atoms with Gasteiger partial charge in [-0.2, -0.15) is 13.2 Å². The Morgan fingerprint density at radius 2 is 2.03 bits per heavy atom. The Morgan fingerprint density at radius 1 is 1.28 bits per heavy atom. The topological polar surface area (TPSA) is 127 Å². The van der Waals surface area contributed by atoms with E-state index in [0.717, 1.165) is 16.4 Å². The minimum Gasteiger partial charge on any atom is -0.493 e.